The minimum atomic E-state index is -0.129. The van der Waals surface area contributed by atoms with Crippen LogP contribution in [0.3, 0.4) is 0 Å². The van der Waals surface area contributed by atoms with Crippen LogP contribution in [0.5, 0.6) is 5.75 Å². The molecule has 0 spiro atoms. The summed E-state index contributed by atoms with van der Waals surface area (Å²) in [6, 6.07) is 11.1. The van der Waals surface area contributed by atoms with Crippen molar-refractivity contribution in [3.05, 3.63) is 47.2 Å². The first-order chi connectivity index (χ1) is 11.8. The van der Waals surface area contributed by atoms with Crippen molar-refractivity contribution in [2.45, 2.75) is 39.2 Å². The molecule has 1 atom stereocenters. The molecule has 1 unspecified atom stereocenters. The van der Waals surface area contributed by atoms with Crippen molar-refractivity contribution in [2.75, 3.05) is 11.9 Å². The second-order valence-corrected chi connectivity index (χ2v) is 7.46. The molecular weight excluding hydrogens is 338 g/mol. The summed E-state index contributed by atoms with van der Waals surface area (Å²) in [5, 5.41) is 17.0. The highest BCUT2D eigenvalue weighted by molar-refractivity contribution is 6.30. The van der Waals surface area contributed by atoms with Crippen LogP contribution in [0.25, 0.3) is 5.65 Å². The second-order valence-electron chi connectivity index (χ2n) is 7.03. The quantitative estimate of drug-likeness (QED) is 0.747. The van der Waals surface area contributed by atoms with Gasteiger partial charge in [0.15, 0.2) is 11.5 Å². The Bertz CT molecular complexity index is 854. The maximum Gasteiger partial charge on any atom is 0.178 e. The molecule has 1 aromatic carbocycles. The Morgan fingerprint density at radius 3 is 2.52 bits per heavy atom. The van der Waals surface area contributed by atoms with Crippen molar-refractivity contribution in [3.8, 4) is 5.75 Å². The molecule has 0 radical (unpaired) electrons. The number of anilines is 1. The Kier molecular flexibility index (Phi) is 4.81. The largest absolute Gasteiger partial charge is 0.489 e. The van der Waals surface area contributed by atoms with Gasteiger partial charge in [0, 0.05) is 10.4 Å². The van der Waals surface area contributed by atoms with Crippen LogP contribution >= 0.6 is 11.6 Å². The topological polar surface area (TPSA) is 64.3 Å². The van der Waals surface area contributed by atoms with Gasteiger partial charge in [-0.1, -0.05) is 32.4 Å². The number of fused-ring (bicyclic) bond motifs is 1. The molecule has 7 heteroatoms. The monoisotopic (exact) mass is 359 g/mol. The standard InChI is InChI=1S/C18H22ClN5O/c1-12(25-14-7-5-13(19)6-8-14)11-20-15-9-10-16-21-22-17(18(2,3)4)24(16)23-15/h5-10,12H,11H2,1-4H3,(H,20,23). The summed E-state index contributed by atoms with van der Waals surface area (Å²) in [4.78, 5) is 0. The van der Waals surface area contributed by atoms with E-state index in [2.05, 4.69) is 41.4 Å². The van der Waals surface area contributed by atoms with Gasteiger partial charge in [-0.15, -0.1) is 15.3 Å². The van der Waals surface area contributed by atoms with Crippen LogP contribution in [0, 0.1) is 0 Å². The first-order valence-corrected chi connectivity index (χ1v) is 8.60. The van der Waals surface area contributed by atoms with E-state index in [1.54, 1.807) is 4.52 Å². The predicted molar refractivity (Wildman–Crippen MR) is 99.5 cm³/mol. The number of nitrogens with one attached hydrogen (secondary N) is 1. The fourth-order valence-electron chi connectivity index (χ4n) is 2.39. The van der Waals surface area contributed by atoms with Gasteiger partial charge < -0.3 is 10.1 Å². The van der Waals surface area contributed by atoms with E-state index < -0.39 is 0 Å². The van der Waals surface area contributed by atoms with E-state index in [0.717, 1.165) is 23.0 Å². The molecule has 0 aliphatic heterocycles. The Morgan fingerprint density at radius 1 is 1.12 bits per heavy atom. The van der Waals surface area contributed by atoms with Crippen LogP contribution in [-0.4, -0.2) is 32.5 Å². The number of hydrogen-bond donors (Lipinski definition) is 1. The summed E-state index contributed by atoms with van der Waals surface area (Å²) in [5.41, 5.74) is 0.608. The maximum absolute atomic E-state index is 5.88. The third-order valence-electron chi connectivity index (χ3n) is 3.66. The minimum absolute atomic E-state index is 0.0262. The second kappa shape index (κ2) is 6.88. The van der Waals surface area contributed by atoms with E-state index in [-0.39, 0.29) is 11.5 Å². The zero-order valence-corrected chi connectivity index (χ0v) is 15.6. The van der Waals surface area contributed by atoms with Crippen molar-refractivity contribution in [1.82, 2.24) is 19.8 Å². The van der Waals surface area contributed by atoms with Gasteiger partial charge in [0.1, 0.15) is 17.7 Å². The lowest BCUT2D eigenvalue weighted by Crippen LogP contribution is -2.23. The molecule has 0 bridgehead atoms. The number of aromatic nitrogens is 4. The molecule has 3 rings (SSSR count). The molecular formula is C18H22ClN5O. The number of nitrogens with zero attached hydrogens (tertiary/aromatic N) is 4. The highest BCUT2D eigenvalue weighted by Gasteiger charge is 2.21. The molecule has 2 heterocycles. The molecule has 2 aromatic heterocycles. The fourth-order valence-corrected chi connectivity index (χ4v) is 2.51. The number of rotatable bonds is 5. The molecule has 0 fully saturated rings. The van der Waals surface area contributed by atoms with Crippen LogP contribution in [0.15, 0.2) is 36.4 Å². The average Bonchev–Trinajstić information content (AvgIpc) is 2.98. The predicted octanol–water partition coefficient (Wildman–Crippen LogP) is 3.95. The molecule has 25 heavy (non-hydrogen) atoms. The Hall–Kier alpha value is -2.34. The lowest BCUT2D eigenvalue weighted by atomic mass is 9.96. The summed E-state index contributed by atoms with van der Waals surface area (Å²) < 4.78 is 7.65. The first kappa shape index (κ1) is 17.5. The summed E-state index contributed by atoms with van der Waals surface area (Å²) in [7, 11) is 0. The van der Waals surface area contributed by atoms with Crippen LogP contribution in [-0.2, 0) is 5.41 Å². The van der Waals surface area contributed by atoms with Gasteiger partial charge in [-0.25, -0.2) is 0 Å². The third kappa shape index (κ3) is 4.20. The van der Waals surface area contributed by atoms with Gasteiger partial charge in [-0.05, 0) is 43.3 Å². The van der Waals surface area contributed by atoms with Gasteiger partial charge in [-0.3, -0.25) is 0 Å². The van der Waals surface area contributed by atoms with Gasteiger partial charge in [0.2, 0.25) is 0 Å². The van der Waals surface area contributed by atoms with Gasteiger partial charge in [-0.2, -0.15) is 4.52 Å². The Labute approximate surface area is 152 Å². The lowest BCUT2D eigenvalue weighted by Gasteiger charge is -2.17. The summed E-state index contributed by atoms with van der Waals surface area (Å²) in [5.74, 6) is 2.37. The van der Waals surface area contributed by atoms with E-state index in [1.807, 2.05) is 43.3 Å². The van der Waals surface area contributed by atoms with E-state index in [9.17, 15) is 0 Å². The minimum Gasteiger partial charge on any atom is -0.489 e. The number of benzene rings is 1. The summed E-state index contributed by atoms with van der Waals surface area (Å²) in [6.07, 6.45) is -0.0262. The van der Waals surface area contributed by atoms with Crippen molar-refractivity contribution < 1.29 is 4.74 Å². The molecule has 6 nitrogen and oxygen atoms in total. The summed E-state index contributed by atoms with van der Waals surface area (Å²) >= 11 is 5.88. The smallest absolute Gasteiger partial charge is 0.178 e. The molecule has 0 saturated carbocycles. The fraction of sp³-hybridized carbons (Fsp3) is 0.389. The first-order valence-electron chi connectivity index (χ1n) is 8.22. The number of hydrogen-bond acceptors (Lipinski definition) is 5. The molecule has 0 amide bonds. The van der Waals surface area contributed by atoms with Crippen molar-refractivity contribution in [2.24, 2.45) is 0 Å². The van der Waals surface area contributed by atoms with Crippen LogP contribution in [0.4, 0.5) is 5.82 Å². The Balaban J connectivity index is 1.67. The third-order valence-corrected chi connectivity index (χ3v) is 3.91. The van der Waals surface area contributed by atoms with Crippen LogP contribution < -0.4 is 10.1 Å². The normalized spacial score (nSPS) is 13.0. The van der Waals surface area contributed by atoms with Crippen molar-refractivity contribution in [3.63, 3.8) is 0 Å². The van der Waals surface area contributed by atoms with Crippen molar-refractivity contribution in [1.29, 1.82) is 0 Å². The van der Waals surface area contributed by atoms with Gasteiger partial charge >= 0.3 is 0 Å². The molecule has 0 saturated heterocycles. The molecule has 0 aliphatic carbocycles. The van der Waals surface area contributed by atoms with E-state index >= 15 is 0 Å². The molecule has 0 aliphatic rings. The maximum atomic E-state index is 5.88. The van der Waals surface area contributed by atoms with E-state index in [4.69, 9.17) is 16.3 Å². The lowest BCUT2D eigenvalue weighted by molar-refractivity contribution is 0.234. The average molecular weight is 360 g/mol. The Morgan fingerprint density at radius 2 is 1.84 bits per heavy atom. The van der Waals surface area contributed by atoms with Crippen LogP contribution in [0.1, 0.15) is 33.5 Å². The molecule has 1 N–H and O–H groups in total. The molecule has 132 valence electrons. The van der Waals surface area contributed by atoms with E-state index in [0.29, 0.717) is 11.6 Å². The van der Waals surface area contributed by atoms with Gasteiger partial charge in [0.05, 0.1) is 6.54 Å². The summed E-state index contributed by atoms with van der Waals surface area (Å²) in [6.45, 7) is 8.89. The number of ether oxygens (including phenoxy) is 1. The highest BCUT2D eigenvalue weighted by atomic mass is 35.5. The van der Waals surface area contributed by atoms with Gasteiger partial charge in [0.25, 0.3) is 0 Å². The zero-order chi connectivity index (χ0) is 18.0. The zero-order valence-electron chi connectivity index (χ0n) is 14.8. The number of halogens is 1. The SMILES string of the molecule is CC(CNc1ccc2nnc(C(C)(C)C)n2n1)Oc1ccc(Cl)cc1. The van der Waals surface area contributed by atoms with Crippen LogP contribution in [0.2, 0.25) is 5.02 Å². The van der Waals surface area contributed by atoms with E-state index in [1.165, 1.54) is 0 Å². The van der Waals surface area contributed by atoms with Crippen molar-refractivity contribution >= 4 is 23.1 Å². The molecule has 3 aromatic rings. The highest BCUT2D eigenvalue weighted by Crippen LogP contribution is 2.21.